The number of amides is 2. The minimum Gasteiger partial charge on any atom is -0.496 e. The third kappa shape index (κ3) is 8.65. The molecule has 0 unspecified atom stereocenters. The fourth-order valence-corrected chi connectivity index (χ4v) is 7.02. The van der Waals surface area contributed by atoms with Crippen LogP contribution in [0.15, 0.2) is 70.0 Å². The molecule has 3 rings (SSSR count). The molecule has 0 aliphatic rings. The number of anilines is 1. The van der Waals surface area contributed by atoms with Gasteiger partial charge in [0.2, 0.25) is 11.8 Å². The molecule has 0 spiro atoms. The molecule has 0 aromatic heterocycles. The number of benzene rings is 3. The Hall–Kier alpha value is -2.79. The van der Waals surface area contributed by atoms with Crippen molar-refractivity contribution in [1.82, 2.24) is 10.2 Å². The van der Waals surface area contributed by atoms with Gasteiger partial charge in [-0.3, -0.25) is 13.9 Å². The van der Waals surface area contributed by atoms with Crippen molar-refractivity contribution in [3.05, 3.63) is 86.3 Å². The number of aryl methyl sites for hydroxylation is 1. The first kappa shape index (κ1) is 34.7. The minimum absolute atomic E-state index is 0.0454. The standard InChI is InChI=1S/C31H36BrCl2N3O5S/c1-6-28(31(39)35-17-20(2)3)36(18-24-26(33)8-7-9-27(24)34)30(38)19-37(22-12-10-21(4)11-13-22)43(40,41)23-14-15-29(42-5)25(32)16-23/h7-16,20,28H,6,17-19H2,1-5H3,(H,35,39)/t28-/m0/s1. The topological polar surface area (TPSA) is 96.0 Å². The van der Waals surface area contributed by atoms with Crippen LogP contribution < -0.4 is 14.4 Å². The largest absolute Gasteiger partial charge is 0.496 e. The SMILES string of the molecule is CC[C@@H](C(=O)NCC(C)C)N(Cc1c(Cl)cccc1Cl)C(=O)CN(c1ccc(C)cc1)S(=O)(=O)c1ccc(OC)c(Br)c1. The fourth-order valence-electron chi connectivity index (χ4n) is 4.37. The first-order chi connectivity index (χ1) is 20.3. The fraction of sp³-hybridized carbons (Fsp3) is 0.355. The molecule has 0 fully saturated rings. The van der Waals surface area contributed by atoms with Gasteiger partial charge in [-0.2, -0.15) is 0 Å². The van der Waals surface area contributed by atoms with E-state index in [0.717, 1.165) is 9.87 Å². The molecule has 0 saturated carbocycles. The van der Waals surface area contributed by atoms with Crippen LogP contribution in [0, 0.1) is 12.8 Å². The summed E-state index contributed by atoms with van der Waals surface area (Å²) < 4.78 is 35.0. The van der Waals surface area contributed by atoms with Crippen molar-refractivity contribution in [2.24, 2.45) is 5.92 Å². The number of ether oxygens (including phenoxy) is 1. The molecular formula is C31H36BrCl2N3O5S. The highest BCUT2D eigenvalue weighted by molar-refractivity contribution is 9.10. The van der Waals surface area contributed by atoms with Crippen LogP contribution in [-0.4, -0.2) is 51.4 Å². The lowest BCUT2D eigenvalue weighted by Gasteiger charge is -2.33. The Balaban J connectivity index is 2.11. The third-order valence-corrected chi connectivity index (χ3v) is 9.87. The van der Waals surface area contributed by atoms with Gasteiger partial charge in [-0.15, -0.1) is 0 Å². The van der Waals surface area contributed by atoms with Gasteiger partial charge in [-0.05, 0) is 77.7 Å². The number of hydrogen-bond donors (Lipinski definition) is 1. The number of nitrogens with zero attached hydrogens (tertiary/aromatic N) is 2. The van der Waals surface area contributed by atoms with Gasteiger partial charge in [0, 0.05) is 28.7 Å². The van der Waals surface area contributed by atoms with Crippen molar-refractivity contribution in [1.29, 1.82) is 0 Å². The second kappa shape index (κ2) is 15.3. The van der Waals surface area contributed by atoms with Crippen molar-refractivity contribution in [2.75, 3.05) is 24.5 Å². The van der Waals surface area contributed by atoms with Gasteiger partial charge in [0.15, 0.2) is 0 Å². The molecule has 8 nitrogen and oxygen atoms in total. The maximum absolute atomic E-state index is 14.2. The molecule has 1 N–H and O–H groups in total. The highest BCUT2D eigenvalue weighted by Crippen LogP contribution is 2.32. The van der Waals surface area contributed by atoms with Crippen LogP contribution in [0.3, 0.4) is 0 Å². The molecule has 0 aliphatic carbocycles. The first-order valence-electron chi connectivity index (χ1n) is 13.7. The van der Waals surface area contributed by atoms with Gasteiger partial charge in [0.1, 0.15) is 18.3 Å². The van der Waals surface area contributed by atoms with Gasteiger partial charge in [0.05, 0.1) is 22.2 Å². The van der Waals surface area contributed by atoms with E-state index in [0.29, 0.717) is 38.1 Å². The Morgan fingerprint density at radius 3 is 2.19 bits per heavy atom. The van der Waals surface area contributed by atoms with Crippen LogP contribution >= 0.6 is 39.1 Å². The second-order valence-electron chi connectivity index (χ2n) is 10.4. The van der Waals surface area contributed by atoms with E-state index >= 15 is 0 Å². The van der Waals surface area contributed by atoms with Crippen LogP contribution in [0.25, 0.3) is 0 Å². The summed E-state index contributed by atoms with van der Waals surface area (Å²) >= 11 is 16.3. The molecule has 0 radical (unpaired) electrons. The third-order valence-electron chi connectivity index (χ3n) is 6.77. The van der Waals surface area contributed by atoms with Gasteiger partial charge in [0.25, 0.3) is 10.0 Å². The van der Waals surface area contributed by atoms with Crippen LogP contribution in [0.4, 0.5) is 5.69 Å². The smallest absolute Gasteiger partial charge is 0.264 e. The van der Waals surface area contributed by atoms with E-state index in [-0.39, 0.29) is 29.7 Å². The average molecular weight is 714 g/mol. The number of rotatable bonds is 13. The second-order valence-corrected chi connectivity index (χ2v) is 14.0. The van der Waals surface area contributed by atoms with E-state index in [4.69, 9.17) is 27.9 Å². The molecule has 3 aromatic carbocycles. The molecular weight excluding hydrogens is 677 g/mol. The summed E-state index contributed by atoms with van der Waals surface area (Å²) in [5, 5.41) is 3.56. The van der Waals surface area contributed by atoms with Crippen molar-refractivity contribution in [3.63, 3.8) is 0 Å². The molecule has 232 valence electrons. The normalized spacial score (nSPS) is 12.1. The number of hydrogen-bond acceptors (Lipinski definition) is 5. The number of sulfonamides is 1. The lowest BCUT2D eigenvalue weighted by molar-refractivity contribution is -0.140. The van der Waals surface area contributed by atoms with E-state index in [1.807, 2.05) is 20.8 Å². The highest BCUT2D eigenvalue weighted by atomic mass is 79.9. The van der Waals surface area contributed by atoms with Crippen LogP contribution in [-0.2, 0) is 26.2 Å². The summed E-state index contributed by atoms with van der Waals surface area (Å²) in [7, 11) is -2.78. The lowest BCUT2D eigenvalue weighted by Crippen LogP contribution is -2.52. The molecule has 1 atom stereocenters. The highest BCUT2D eigenvalue weighted by Gasteiger charge is 2.34. The van der Waals surface area contributed by atoms with E-state index in [9.17, 15) is 18.0 Å². The van der Waals surface area contributed by atoms with E-state index in [2.05, 4.69) is 21.2 Å². The molecule has 43 heavy (non-hydrogen) atoms. The number of carbonyl (C=O) groups is 2. The van der Waals surface area contributed by atoms with Crippen molar-refractivity contribution >= 4 is 66.7 Å². The average Bonchev–Trinajstić information content (AvgIpc) is 2.96. The van der Waals surface area contributed by atoms with Crippen molar-refractivity contribution in [3.8, 4) is 5.75 Å². The Labute approximate surface area is 272 Å². The van der Waals surface area contributed by atoms with Gasteiger partial charge < -0.3 is 15.0 Å². The van der Waals surface area contributed by atoms with Crippen molar-refractivity contribution < 1.29 is 22.7 Å². The Morgan fingerprint density at radius 1 is 1.02 bits per heavy atom. The molecule has 12 heteroatoms. The van der Waals surface area contributed by atoms with Crippen LogP contribution in [0.5, 0.6) is 5.75 Å². The van der Waals surface area contributed by atoms with E-state index in [1.54, 1.807) is 49.4 Å². The number of halogens is 3. The van der Waals surface area contributed by atoms with Crippen LogP contribution in [0.2, 0.25) is 10.0 Å². The number of carbonyl (C=O) groups excluding carboxylic acids is 2. The molecule has 0 saturated heterocycles. The Bertz CT molecular complexity index is 1530. The predicted octanol–water partition coefficient (Wildman–Crippen LogP) is 6.85. The van der Waals surface area contributed by atoms with Crippen LogP contribution in [0.1, 0.15) is 38.3 Å². The zero-order chi connectivity index (χ0) is 31.9. The van der Waals surface area contributed by atoms with E-state index in [1.165, 1.54) is 30.2 Å². The van der Waals surface area contributed by atoms with Gasteiger partial charge >= 0.3 is 0 Å². The molecule has 2 amide bonds. The molecule has 0 aliphatic heterocycles. The number of nitrogens with one attached hydrogen (secondary N) is 1. The molecule has 3 aromatic rings. The minimum atomic E-state index is -4.26. The first-order valence-corrected chi connectivity index (χ1v) is 16.7. The lowest BCUT2D eigenvalue weighted by atomic mass is 10.1. The Morgan fingerprint density at radius 2 is 1.65 bits per heavy atom. The summed E-state index contributed by atoms with van der Waals surface area (Å²) in [6, 6.07) is 15.3. The summed E-state index contributed by atoms with van der Waals surface area (Å²) in [4.78, 5) is 28.9. The van der Waals surface area contributed by atoms with E-state index < -0.39 is 28.5 Å². The Kier molecular flexibility index (Phi) is 12.3. The molecule has 0 bridgehead atoms. The maximum atomic E-state index is 14.2. The summed E-state index contributed by atoms with van der Waals surface area (Å²) in [5.74, 6) is -0.302. The van der Waals surface area contributed by atoms with Gasteiger partial charge in [-0.1, -0.05) is 67.7 Å². The quantitative estimate of drug-likeness (QED) is 0.209. The monoisotopic (exact) mass is 711 g/mol. The summed E-state index contributed by atoms with van der Waals surface area (Å²) in [6.45, 7) is 7.35. The van der Waals surface area contributed by atoms with Gasteiger partial charge in [-0.25, -0.2) is 8.42 Å². The number of methoxy groups -OCH3 is 1. The zero-order valence-corrected chi connectivity index (χ0v) is 28.6. The molecule has 0 heterocycles. The summed E-state index contributed by atoms with van der Waals surface area (Å²) in [6.07, 6.45) is 0.278. The van der Waals surface area contributed by atoms with Crippen molar-refractivity contribution in [2.45, 2.75) is 51.6 Å². The summed E-state index contributed by atoms with van der Waals surface area (Å²) in [5.41, 5.74) is 1.67. The zero-order valence-electron chi connectivity index (χ0n) is 24.7. The predicted molar refractivity (Wildman–Crippen MR) is 175 cm³/mol. The maximum Gasteiger partial charge on any atom is 0.264 e.